The van der Waals surface area contributed by atoms with E-state index in [0.717, 1.165) is 39.9 Å². The molecule has 0 bridgehead atoms. The molecule has 0 aliphatic heterocycles. The second-order valence-electron chi connectivity index (χ2n) is 7.53. The summed E-state index contributed by atoms with van der Waals surface area (Å²) in [5.74, 6) is -1.57. The average Bonchev–Trinajstić information content (AvgIpc) is 3.12. The fourth-order valence-corrected chi connectivity index (χ4v) is 5.16. The molecule has 2 heterocycles. The van der Waals surface area contributed by atoms with Gasteiger partial charge in [-0.15, -0.1) is 11.3 Å². The van der Waals surface area contributed by atoms with E-state index in [1.165, 1.54) is 23.5 Å². The lowest BCUT2D eigenvalue weighted by molar-refractivity contribution is -0.119. The third-order valence-electron chi connectivity index (χ3n) is 5.19. The summed E-state index contributed by atoms with van der Waals surface area (Å²) < 4.78 is 14.6. The van der Waals surface area contributed by atoms with Gasteiger partial charge in [0.25, 0.3) is 11.5 Å². The quantitative estimate of drug-likeness (QED) is 0.241. The Morgan fingerprint density at radius 2 is 1.76 bits per heavy atom. The Bertz CT molecular complexity index is 1420. The number of hydrazine groups is 1. The lowest BCUT2D eigenvalue weighted by atomic mass is 10.2. The summed E-state index contributed by atoms with van der Waals surface area (Å²) in [6.07, 6.45) is 0. The highest BCUT2D eigenvalue weighted by atomic mass is 32.2. The minimum Gasteiger partial charge on any atom is -0.283 e. The molecule has 10 heteroatoms. The predicted molar refractivity (Wildman–Crippen MR) is 132 cm³/mol. The summed E-state index contributed by atoms with van der Waals surface area (Å²) in [5.41, 5.74) is 6.55. The number of carbonyl (C=O) groups excluding carboxylic acids is 2. The van der Waals surface area contributed by atoms with Crippen LogP contribution < -0.4 is 16.4 Å². The van der Waals surface area contributed by atoms with Gasteiger partial charge in [0.1, 0.15) is 10.6 Å². The first-order valence-corrected chi connectivity index (χ1v) is 12.2. The molecule has 0 saturated heterocycles. The van der Waals surface area contributed by atoms with Crippen LogP contribution in [-0.2, 0) is 11.3 Å². The average molecular weight is 497 g/mol. The number of thiophene rings is 1. The highest BCUT2D eigenvalue weighted by Crippen LogP contribution is 2.28. The van der Waals surface area contributed by atoms with Crippen molar-refractivity contribution in [2.75, 3.05) is 5.75 Å². The van der Waals surface area contributed by atoms with Crippen molar-refractivity contribution in [2.24, 2.45) is 0 Å². The smallest absolute Gasteiger partial charge is 0.269 e. The van der Waals surface area contributed by atoms with Crippen LogP contribution in [0.15, 0.2) is 64.5 Å². The maximum atomic E-state index is 13.4. The minimum absolute atomic E-state index is 0.0697. The topological polar surface area (TPSA) is 93.1 Å². The van der Waals surface area contributed by atoms with Gasteiger partial charge in [0.15, 0.2) is 5.16 Å². The van der Waals surface area contributed by atoms with Gasteiger partial charge in [0.2, 0.25) is 5.91 Å². The number of rotatable bonds is 6. The number of nitrogens with one attached hydrogen (secondary N) is 2. The zero-order chi connectivity index (χ0) is 24.2. The lowest BCUT2D eigenvalue weighted by Gasteiger charge is -2.13. The number of hydrogen-bond acceptors (Lipinski definition) is 6. The number of thioether (sulfide) groups is 1. The first-order chi connectivity index (χ1) is 16.3. The Morgan fingerprint density at radius 1 is 1.06 bits per heavy atom. The van der Waals surface area contributed by atoms with Crippen LogP contribution in [0, 0.1) is 19.7 Å². The van der Waals surface area contributed by atoms with Crippen LogP contribution in [0.5, 0.6) is 0 Å². The van der Waals surface area contributed by atoms with E-state index in [9.17, 15) is 18.8 Å². The number of benzene rings is 2. The molecule has 0 spiro atoms. The van der Waals surface area contributed by atoms with Crippen LogP contribution in [0.2, 0.25) is 0 Å². The monoisotopic (exact) mass is 496 g/mol. The molecule has 0 unspecified atom stereocenters. The van der Waals surface area contributed by atoms with E-state index < -0.39 is 17.6 Å². The van der Waals surface area contributed by atoms with E-state index in [0.29, 0.717) is 21.9 Å². The number of fused-ring (bicyclic) bond motifs is 1. The molecule has 34 heavy (non-hydrogen) atoms. The summed E-state index contributed by atoms with van der Waals surface area (Å²) in [4.78, 5) is 44.2. The molecule has 2 amide bonds. The molecule has 4 aromatic rings. The number of carbonyl (C=O) groups is 2. The van der Waals surface area contributed by atoms with Crippen LogP contribution in [0.1, 0.15) is 26.4 Å². The van der Waals surface area contributed by atoms with Crippen LogP contribution in [0.25, 0.3) is 10.2 Å². The Labute approximate surface area is 203 Å². The fourth-order valence-electron chi connectivity index (χ4n) is 3.29. The summed E-state index contributed by atoms with van der Waals surface area (Å²) in [6, 6.07) is 14.5. The number of aromatic nitrogens is 2. The van der Waals surface area contributed by atoms with Crippen LogP contribution in [-0.4, -0.2) is 27.1 Å². The van der Waals surface area contributed by atoms with Gasteiger partial charge in [-0.1, -0.05) is 42.1 Å². The largest absolute Gasteiger partial charge is 0.283 e. The number of aryl methyl sites for hydroxylation is 2. The molecule has 0 fully saturated rings. The predicted octanol–water partition coefficient (Wildman–Crippen LogP) is 3.82. The number of nitrogens with zero attached hydrogens (tertiary/aromatic N) is 2. The van der Waals surface area contributed by atoms with E-state index in [2.05, 4.69) is 15.8 Å². The molecule has 2 aromatic carbocycles. The molecule has 4 rings (SSSR count). The highest BCUT2D eigenvalue weighted by molar-refractivity contribution is 7.99. The Balaban J connectivity index is 1.51. The van der Waals surface area contributed by atoms with E-state index in [-0.39, 0.29) is 16.9 Å². The van der Waals surface area contributed by atoms with Crippen molar-refractivity contribution >= 4 is 45.1 Å². The zero-order valence-electron chi connectivity index (χ0n) is 18.4. The van der Waals surface area contributed by atoms with Crippen molar-refractivity contribution in [3.63, 3.8) is 0 Å². The molecule has 0 radical (unpaired) electrons. The van der Waals surface area contributed by atoms with Gasteiger partial charge >= 0.3 is 0 Å². The summed E-state index contributed by atoms with van der Waals surface area (Å²) in [7, 11) is 0. The number of amides is 2. The number of halogens is 1. The summed E-state index contributed by atoms with van der Waals surface area (Å²) in [5, 5.41) is 1.02. The standard InChI is InChI=1S/C24H21FN4O3S2/c1-14-15(2)34-22-20(14)23(32)29(12-16-6-4-3-5-7-16)24(26-22)33-13-19(30)27-28-21(31)17-8-10-18(25)11-9-17/h3-11H,12-13H2,1-2H3,(H,27,30)(H,28,31). The Morgan fingerprint density at radius 3 is 2.47 bits per heavy atom. The van der Waals surface area contributed by atoms with Crippen molar-refractivity contribution < 1.29 is 14.0 Å². The van der Waals surface area contributed by atoms with E-state index in [1.54, 1.807) is 4.57 Å². The van der Waals surface area contributed by atoms with E-state index >= 15 is 0 Å². The molecule has 2 aromatic heterocycles. The molecule has 174 valence electrons. The molecule has 0 saturated carbocycles. The van der Waals surface area contributed by atoms with Gasteiger partial charge in [-0.25, -0.2) is 9.37 Å². The third kappa shape index (κ3) is 5.18. The van der Waals surface area contributed by atoms with Gasteiger partial charge in [-0.05, 0) is 49.2 Å². The highest BCUT2D eigenvalue weighted by Gasteiger charge is 2.18. The van der Waals surface area contributed by atoms with Crippen LogP contribution >= 0.6 is 23.1 Å². The molecular weight excluding hydrogens is 475 g/mol. The lowest BCUT2D eigenvalue weighted by Crippen LogP contribution is -2.42. The summed E-state index contributed by atoms with van der Waals surface area (Å²) in [6.45, 7) is 4.18. The van der Waals surface area contributed by atoms with Crippen LogP contribution in [0.3, 0.4) is 0 Å². The summed E-state index contributed by atoms with van der Waals surface area (Å²) >= 11 is 2.56. The van der Waals surface area contributed by atoms with E-state index in [4.69, 9.17) is 0 Å². The van der Waals surface area contributed by atoms with Crippen LogP contribution in [0.4, 0.5) is 4.39 Å². The first-order valence-electron chi connectivity index (χ1n) is 10.4. The van der Waals surface area contributed by atoms with Gasteiger partial charge in [-0.2, -0.15) is 0 Å². The minimum atomic E-state index is -0.566. The van der Waals surface area contributed by atoms with Gasteiger partial charge in [0, 0.05) is 10.4 Å². The first kappa shape index (κ1) is 23.7. The van der Waals surface area contributed by atoms with Gasteiger partial charge in [-0.3, -0.25) is 29.8 Å². The molecular formula is C24H21FN4O3S2. The van der Waals surface area contributed by atoms with Crippen molar-refractivity contribution in [2.45, 2.75) is 25.5 Å². The molecule has 0 aliphatic carbocycles. The van der Waals surface area contributed by atoms with Crippen molar-refractivity contribution in [1.29, 1.82) is 0 Å². The van der Waals surface area contributed by atoms with Crippen molar-refractivity contribution in [3.05, 3.63) is 92.3 Å². The second-order valence-corrected chi connectivity index (χ2v) is 9.68. The maximum absolute atomic E-state index is 13.4. The van der Waals surface area contributed by atoms with Gasteiger partial charge in [0.05, 0.1) is 17.7 Å². The molecule has 2 N–H and O–H groups in total. The zero-order valence-corrected chi connectivity index (χ0v) is 20.1. The Kier molecular flexibility index (Phi) is 7.09. The molecule has 0 atom stereocenters. The second kappa shape index (κ2) is 10.2. The SMILES string of the molecule is Cc1sc2nc(SCC(=O)NNC(=O)c3ccc(F)cc3)n(Cc3ccccc3)c(=O)c2c1C. The van der Waals surface area contributed by atoms with Gasteiger partial charge < -0.3 is 0 Å². The Hall–Kier alpha value is -3.50. The third-order valence-corrected chi connectivity index (χ3v) is 7.27. The van der Waals surface area contributed by atoms with Crippen molar-refractivity contribution in [3.8, 4) is 0 Å². The molecule has 7 nitrogen and oxygen atoms in total. The maximum Gasteiger partial charge on any atom is 0.269 e. The number of hydrogen-bond donors (Lipinski definition) is 2. The normalized spacial score (nSPS) is 10.9. The van der Waals surface area contributed by atoms with Crippen molar-refractivity contribution in [1.82, 2.24) is 20.4 Å². The van der Waals surface area contributed by atoms with E-state index in [1.807, 2.05) is 44.2 Å². The molecule has 0 aliphatic rings. The fraction of sp³-hybridized carbons (Fsp3) is 0.167.